The molecule has 0 spiro atoms. The lowest BCUT2D eigenvalue weighted by Crippen LogP contribution is -2.22. The van der Waals surface area contributed by atoms with Gasteiger partial charge in [0.25, 0.3) is 0 Å². The molecule has 1 unspecified atom stereocenters. The van der Waals surface area contributed by atoms with E-state index in [1.54, 1.807) is 6.20 Å². The van der Waals surface area contributed by atoms with Crippen LogP contribution in [0.4, 0.5) is 0 Å². The van der Waals surface area contributed by atoms with Gasteiger partial charge >= 0.3 is 0 Å². The summed E-state index contributed by atoms with van der Waals surface area (Å²) in [4.78, 5) is 4.31. The van der Waals surface area contributed by atoms with E-state index in [1.807, 2.05) is 19.1 Å². The zero-order valence-corrected chi connectivity index (χ0v) is 14.0. The van der Waals surface area contributed by atoms with Gasteiger partial charge in [-0.15, -0.1) is 6.42 Å². The maximum Gasteiger partial charge on any atom is 0.147 e. The Morgan fingerprint density at radius 1 is 1.35 bits per heavy atom. The van der Waals surface area contributed by atoms with Crippen molar-refractivity contribution >= 4 is 8.07 Å². The molecule has 0 radical (unpaired) electrons. The van der Waals surface area contributed by atoms with Crippen LogP contribution in [0.15, 0.2) is 18.3 Å². The maximum atomic E-state index is 5.63. The summed E-state index contributed by atoms with van der Waals surface area (Å²) < 4.78 is 11.2. The lowest BCUT2D eigenvalue weighted by molar-refractivity contribution is -0.0801. The van der Waals surface area contributed by atoms with Crippen molar-refractivity contribution in [2.24, 2.45) is 0 Å². The third-order valence-corrected chi connectivity index (χ3v) is 4.62. The molecule has 0 saturated carbocycles. The Morgan fingerprint density at radius 2 is 2.10 bits per heavy atom. The first kappa shape index (κ1) is 16.9. The minimum atomic E-state index is -1.01. The van der Waals surface area contributed by atoms with Gasteiger partial charge in [-0.05, 0) is 25.1 Å². The van der Waals surface area contributed by atoms with Crippen LogP contribution in [0.3, 0.4) is 0 Å². The number of rotatable bonds is 8. The molecule has 0 saturated heterocycles. The van der Waals surface area contributed by atoms with Crippen LogP contribution in [0.2, 0.25) is 25.7 Å². The summed E-state index contributed by atoms with van der Waals surface area (Å²) in [5.74, 6) is 2.56. The van der Waals surface area contributed by atoms with E-state index < -0.39 is 8.07 Å². The minimum Gasteiger partial charge on any atom is -0.356 e. The van der Waals surface area contributed by atoms with Crippen LogP contribution in [0.25, 0.3) is 0 Å². The standard InChI is InChI=1S/C16H25NO2Si/c1-6-15-7-8-16(17-12-15)11-14(2)19-13-18-9-10-20(3,4)5/h1,7-8,12,14H,9-11,13H2,2-5H3. The SMILES string of the molecule is C#Cc1ccc(CC(C)OCOCC[Si](C)(C)C)nc1. The summed E-state index contributed by atoms with van der Waals surface area (Å²) in [6.07, 6.45) is 7.87. The number of terminal acetylenes is 1. The van der Waals surface area contributed by atoms with Gasteiger partial charge in [-0.1, -0.05) is 25.6 Å². The minimum absolute atomic E-state index is 0.0890. The highest BCUT2D eigenvalue weighted by Gasteiger charge is 2.12. The van der Waals surface area contributed by atoms with Crippen LogP contribution in [-0.4, -0.2) is 32.6 Å². The molecule has 0 aliphatic heterocycles. The second-order valence-corrected chi connectivity index (χ2v) is 11.8. The summed E-state index contributed by atoms with van der Waals surface area (Å²) in [7, 11) is -1.01. The highest BCUT2D eigenvalue weighted by atomic mass is 28.3. The van der Waals surface area contributed by atoms with Crippen molar-refractivity contribution in [2.45, 2.75) is 45.1 Å². The Kier molecular flexibility index (Phi) is 6.93. The Labute approximate surface area is 123 Å². The predicted molar refractivity (Wildman–Crippen MR) is 85.4 cm³/mol. The Morgan fingerprint density at radius 3 is 2.65 bits per heavy atom. The van der Waals surface area contributed by atoms with Crippen LogP contribution in [-0.2, 0) is 15.9 Å². The van der Waals surface area contributed by atoms with Gasteiger partial charge in [-0.3, -0.25) is 4.98 Å². The van der Waals surface area contributed by atoms with Crippen molar-refractivity contribution in [3.8, 4) is 12.3 Å². The number of hydrogen-bond acceptors (Lipinski definition) is 3. The van der Waals surface area contributed by atoms with Crippen LogP contribution < -0.4 is 0 Å². The fraction of sp³-hybridized carbons (Fsp3) is 0.562. The van der Waals surface area contributed by atoms with E-state index >= 15 is 0 Å². The lowest BCUT2D eigenvalue weighted by Gasteiger charge is -2.17. The molecular formula is C16H25NO2Si. The fourth-order valence-electron chi connectivity index (χ4n) is 1.59. The molecule has 1 aromatic heterocycles. The molecule has 0 aliphatic rings. The topological polar surface area (TPSA) is 31.4 Å². The van der Waals surface area contributed by atoms with Gasteiger partial charge in [-0.25, -0.2) is 0 Å². The number of nitrogens with zero attached hydrogens (tertiary/aromatic N) is 1. The molecular weight excluding hydrogens is 266 g/mol. The largest absolute Gasteiger partial charge is 0.356 e. The van der Waals surface area contributed by atoms with Gasteiger partial charge in [0.15, 0.2) is 0 Å². The molecule has 0 amide bonds. The van der Waals surface area contributed by atoms with Gasteiger partial charge in [0.1, 0.15) is 6.79 Å². The summed E-state index contributed by atoms with van der Waals surface area (Å²) in [6.45, 7) is 10.2. The highest BCUT2D eigenvalue weighted by molar-refractivity contribution is 6.76. The molecule has 20 heavy (non-hydrogen) atoms. The molecule has 0 aliphatic carbocycles. The van der Waals surface area contributed by atoms with Crippen LogP contribution in [0, 0.1) is 12.3 Å². The molecule has 3 nitrogen and oxygen atoms in total. The lowest BCUT2D eigenvalue weighted by atomic mass is 10.2. The van der Waals surface area contributed by atoms with Crippen molar-refractivity contribution in [2.75, 3.05) is 13.4 Å². The van der Waals surface area contributed by atoms with E-state index in [-0.39, 0.29) is 6.10 Å². The average Bonchev–Trinajstić information content (AvgIpc) is 2.38. The van der Waals surface area contributed by atoms with Crippen molar-refractivity contribution in [3.63, 3.8) is 0 Å². The van der Waals surface area contributed by atoms with Gasteiger partial charge in [0.05, 0.1) is 6.10 Å². The van der Waals surface area contributed by atoms with Crippen LogP contribution in [0.5, 0.6) is 0 Å². The van der Waals surface area contributed by atoms with E-state index in [9.17, 15) is 0 Å². The van der Waals surface area contributed by atoms with Gasteiger partial charge in [0, 0.05) is 38.6 Å². The Balaban J connectivity index is 2.20. The predicted octanol–water partition coefficient (Wildman–Crippen LogP) is 3.32. The van der Waals surface area contributed by atoms with E-state index in [2.05, 4.69) is 30.5 Å². The third kappa shape index (κ3) is 7.44. The quantitative estimate of drug-likeness (QED) is 0.319. The van der Waals surface area contributed by atoms with Crippen molar-refractivity contribution < 1.29 is 9.47 Å². The fourth-order valence-corrected chi connectivity index (χ4v) is 2.34. The summed E-state index contributed by atoms with van der Waals surface area (Å²) in [5.41, 5.74) is 1.79. The molecule has 1 atom stereocenters. The Bertz CT molecular complexity index is 431. The van der Waals surface area contributed by atoms with E-state index in [1.165, 1.54) is 6.04 Å². The first-order chi connectivity index (χ1) is 9.40. The molecule has 0 N–H and O–H groups in total. The second-order valence-electron chi connectivity index (χ2n) is 6.20. The van der Waals surface area contributed by atoms with E-state index in [0.29, 0.717) is 6.79 Å². The molecule has 1 heterocycles. The summed E-state index contributed by atoms with van der Waals surface area (Å²) in [6, 6.07) is 5.01. The van der Waals surface area contributed by atoms with Crippen LogP contribution >= 0.6 is 0 Å². The molecule has 1 rings (SSSR count). The average molecular weight is 291 g/mol. The first-order valence-corrected chi connectivity index (χ1v) is 10.7. The second kappa shape index (κ2) is 8.20. The smallest absolute Gasteiger partial charge is 0.147 e. The molecule has 0 aromatic carbocycles. The van der Waals surface area contributed by atoms with Crippen molar-refractivity contribution in [3.05, 3.63) is 29.6 Å². The van der Waals surface area contributed by atoms with E-state index in [4.69, 9.17) is 15.9 Å². The molecule has 4 heteroatoms. The van der Waals surface area contributed by atoms with Gasteiger partial charge < -0.3 is 9.47 Å². The third-order valence-electron chi connectivity index (χ3n) is 2.92. The number of hydrogen-bond donors (Lipinski definition) is 0. The van der Waals surface area contributed by atoms with Crippen molar-refractivity contribution in [1.29, 1.82) is 0 Å². The maximum absolute atomic E-state index is 5.63. The zero-order valence-electron chi connectivity index (χ0n) is 13.0. The highest BCUT2D eigenvalue weighted by Crippen LogP contribution is 2.08. The molecule has 1 aromatic rings. The summed E-state index contributed by atoms with van der Waals surface area (Å²) >= 11 is 0. The van der Waals surface area contributed by atoms with Gasteiger partial charge in [0.2, 0.25) is 0 Å². The molecule has 0 fully saturated rings. The number of ether oxygens (including phenoxy) is 2. The molecule has 110 valence electrons. The normalized spacial score (nSPS) is 12.9. The van der Waals surface area contributed by atoms with E-state index in [0.717, 1.165) is 24.3 Å². The monoisotopic (exact) mass is 291 g/mol. The zero-order chi connectivity index (χ0) is 15.0. The molecule has 0 bridgehead atoms. The van der Waals surface area contributed by atoms with Crippen molar-refractivity contribution in [1.82, 2.24) is 4.98 Å². The van der Waals surface area contributed by atoms with Gasteiger partial charge in [-0.2, -0.15) is 0 Å². The van der Waals surface area contributed by atoms with Crippen LogP contribution in [0.1, 0.15) is 18.2 Å². The number of aromatic nitrogens is 1. The number of pyridine rings is 1. The Hall–Kier alpha value is -1.15. The first-order valence-electron chi connectivity index (χ1n) is 7.01. The summed E-state index contributed by atoms with van der Waals surface area (Å²) in [5, 5.41) is 0.